The number of methoxy groups -OCH3 is 1. The van der Waals surface area contributed by atoms with Crippen LogP contribution in [0.2, 0.25) is 0 Å². The first kappa shape index (κ1) is 17.9. The number of hydrogen-bond acceptors (Lipinski definition) is 5. The molecule has 7 heteroatoms. The third-order valence-corrected chi connectivity index (χ3v) is 4.82. The first-order valence-electron chi connectivity index (χ1n) is 6.79. The zero-order valence-electron chi connectivity index (χ0n) is 13.0. The van der Waals surface area contributed by atoms with Gasteiger partial charge in [0.1, 0.15) is 10.6 Å². The Morgan fingerprint density at radius 2 is 2.05 bits per heavy atom. The highest BCUT2D eigenvalue weighted by atomic mass is 32.2. The molecule has 0 saturated heterocycles. The summed E-state index contributed by atoms with van der Waals surface area (Å²) in [5, 5.41) is 9.14. The van der Waals surface area contributed by atoms with Gasteiger partial charge in [-0.05, 0) is 38.6 Å². The van der Waals surface area contributed by atoms with Gasteiger partial charge in [0.15, 0.2) is 0 Å². The van der Waals surface area contributed by atoms with Gasteiger partial charge >= 0.3 is 0 Å². The molecule has 0 radical (unpaired) electrons. The van der Waals surface area contributed by atoms with Crippen molar-refractivity contribution in [3.8, 4) is 5.75 Å². The van der Waals surface area contributed by atoms with Crippen molar-refractivity contribution < 1.29 is 18.3 Å². The van der Waals surface area contributed by atoms with Gasteiger partial charge in [-0.1, -0.05) is 6.07 Å². The number of aliphatic hydroxyl groups is 1. The normalized spacial score (nSPS) is 12.1. The third kappa shape index (κ3) is 4.96. The van der Waals surface area contributed by atoms with Gasteiger partial charge in [-0.25, -0.2) is 13.1 Å². The topological polar surface area (TPSA) is 78.9 Å². The van der Waals surface area contributed by atoms with Crippen LogP contribution in [0.3, 0.4) is 0 Å². The van der Waals surface area contributed by atoms with Crippen molar-refractivity contribution in [1.82, 2.24) is 9.62 Å². The SMILES string of the molecule is COc1ccc(CO)cc1S(=O)(=O)NCCN(C)C(C)C. The number of nitrogens with zero attached hydrogens (tertiary/aromatic N) is 1. The molecule has 0 aliphatic rings. The second kappa shape index (κ2) is 7.74. The molecule has 0 bridgehead atoms. The fourth-order valence-corrected chi connectivity index (χ4v) is 2.96. The van der Waals surface area contributed by atoms with E-state index in [9.17, 15) is 8.42 Å². The third-order valence-electron chi connectivity index (χ3n) is 3.34. The lowest BCUT2D eigenvalue weighted by molar-refractivity contribution is 0.278. The summed E-state index contributed by atoms with van der Waals surface area (Å²) in [6.07, 6.45) is 0. The Hall–Kier alpha value is -1.15. The van der Waals surface area contributed by atoms with Crippen LogP contribution >= 0.6 is 0 Å². The Bertz CT molecular complexity index is 558. The van der Waals surface area contributed by atoms with Gasteiger partial charge in [0.2, 0.25) is 10.0 Å². The maximum Gasteiger partial charge on any atom is 0.244 e. The Balaban J connectivity index is 2.87. The van der Waals surface area contributed by atoms with Crippen molar-refractivity contribution in [3.63, 3.8) is 0 Å². The average Bonchev–Trinajstić information content (AvgIpc) is 2.46. The van der Waals surface area contributed by atoms with E-state index < -0.39 is 10.0 Å². The van der Waals surface area contributed by atoms with Gasteiger partial charge in [0.25, 0.3) is 0 Å². The summed E-state index contributed by atoms with van der Waals surface area (Å²) in [6.45, 7) is 4.79. The number of rotatable bonds is 8. The van der Waals surface area contributed by atoms with Crippen LogP contribution in [0, 0.1) is 0 Å². The van der Waals surface area contributed by atoms with Crippen molar-refractivity contribution >= 4 is 10.0 Å². The lowest BCUT2D eigenvalue weighted by atomic mass is 10.2. The zero-order chi connectivity index (χ0) is 16.0. The van der Waals surface area contributed by atoms with Crippen molar-refractivity contribution in [3.05, 3.63) is 23.8 Å². The minimum atomic E-state index is -3.67. The lowest BCUT2D eigenvalue weighted by Gasteiger charge is -2.21. The number of sulfonamides is 1. The second-order valence-corrected chi connectivity index (χ2v) is 6.85. The van der Waals surface area contributed by atoms with Crippen LogP contribution in [0.15, 0.2) is 23.1 Å². The van der Waals surface area contributed by atoms with E-state index in [1.165, 1.54) is 13.2 Å². The van der Waals surface area contributed by atoms with E-state index in [1.807, 2.05) is 25.8 Å². The molecule has 0 heterocycles. The van der Waals surface area contributed by atoms with Gasteiger partial charge in [-0.2, -0.15) is 0 Å². The quantitative estimate of drug-likeness (QED) is 0.742. The van der Waals surface area contributed by atoms with Crippen LogP contribution in [0.4, 0.5) is 0 Å². The molecule has 0 fully saturated rings. The molecular weight excluding hydrogens is 292 g/mol. The van der Waals surface area contributed by atoms with Crippen LogP contribution < -0.4 is 9.46 Å². The predicted molar refractivity (Wildman–Crippen MR) is 81.9 cm³/mol. The number of ether oxygens (including phenoxy) is 1. The predicted octanol–water partition coefficient (Wildman–Crippen LogP) is 0.806. The van der Waals surface area contributed by atoms with Gasteiger partial charge < -0.3 is 14.7 Å². The van der Waals surface area contributed by atoms with Gasteiger partial charge in [0, 0.05) is 19.1 Å². The lowest BCUT2D eigenvalue weighted by Crippen LogP contribution is -2.36. The average molecular weight is 316 g/mol. The Morgan fingerprint density at radius 1 is 1.38 bits per heavy atom. The molecule has 0 atom stereocenters. The molecule has 0 unspecified atom stereocenters. The van der Waals surface area contributed by atoms with E-state index >= 15 is 0 Å². The first-order chi connectivity index (χ1) is 9.81. The summed E-state index contributed by atoms with van der Waals surface area (Å²) in [5.41, 5.74) is 0.524. The summed E-state index contributed by atoms with van der Waals surface area (Å²) in [6, 6.07) is 4.94. The molecule has 1 aromatic rings. The molecule has 21 heavy (non-hydrogen) atoms. The first-order valence-corrected chi connectivity index (χ1v) is 8.27. The smallest absolute Gasteiger partial charge is 0.244 e. The van der Waals surface area contributed by atoms with E-state index in [0.29, 0.717) is 24.7 Å². The highest BCUT2D eigenvalue weighted by molar-refractivity contribution is 7.89. The van der Waals surface area contributed by atoms with Gasteiger partial charge in [-0.15, -0.1) is 0 Å². The second-order valence-electron chi connectivity index (χ2n) is 5.12. The summed E-state index contributed by atoms with van der Waals surface area (Å²) in [5.74, 6) is 0.261. The fraction of sp³-hybridized carbons (Fsp3) is 0.571. The monoisotopic (exact) mass is 316 g/mol. The summed E-state index contributed by atoms with van der Waals surface area (Å²) in [4.78, 5) is 2.09. The van der Waals surface area contributed by atoms with Crippen LogP contribution in [0.5, 0.6) is 5.75 Å². The van der Waals surface area contributed by atoms with Crippen molar-refractivity contribution in [2.24, 2.45) is 0 Å². The highest BCUT2D eigenvalue weighted by Crippen LogP contribution is 2.24. The Morgan fingerprint density at radius 3 is 2.57 bits per heavy atom. The molecule has 0 saturated carbocycles. The zero-order valence-corrected chi connectivity index (χ0v) is 13.8. The molecule has 0 amide bonds. The van der Waals surface area contributed by atoms with Crippen molar-refractivity contribution in [2.75, 3.05) is 27.2 Å². The number of aliphatic hydroxyl groups excluding tert-OH is 1. The number of benzene rings is 1. The van der Waals surface area contributed by atoms with E-state index in [0.717, 1.165) is 0 Å². The molecule has 1 rings (SSSR count). The summed E-state index contributed by atoms with van der Waals surface area (Å²) < 4.78 is 32.3. The Kier molecular flexibility index (Phi) is 6.60. The molecule has 6 nitrogen and oxygen atoms in total. The van der Waals surface area contributed by atoms with E-state index in [1.54, 1.807) is 12.1 Å². The molecule has 2 N–H and O–H groups in total. The number of hydrogen-bond donors (Lipinski definition) is 2. The molecule has 0 spiro atoms. The standard InChI is InChI=1S/C14H24N2O4S/c1-11(2)16(3)8-7-15-21(18,19)14-9-12(10-17)5-6-13(14)20-4/h5-6,9,11,15,17H,7-8,10H2,1-4H3. The van der Waals surface area contributed by atoms with E-state index in [4.69, 9.17) is 9.84 Å². The largest absolute Gasteiger partial charge is 0.495 e. The van der Waals surface area contributed by atoms with Crippen LogP contribution in [-0.2, 0) is 16.6 Å². The van der Waals surface area contributed by atoms with Crippen LogP contribution in [0.1, 0.15) is 19.4 Å². The minimum absolute atomic E-state index is 0.0451. The maximum absolute atomic E-state index is 12.3. The van der Waals surface area contributed by atoms with Crippen molar-refractivity contribution in [1.29, 1.82) is 0 Å². The van der Waals surface area contributed by atoms with Gasteiger partial charge in [-0.3, -0.25) is 0 Å². The van der Waals surface area contributed by atoms with E-state index in [-0.39, 0.29) is 17.3 Å². The van der Waals surface area contributed by atoms with Crippen molar-refractivity contribution in [2.45, 2.75) is 31.4 Å². The molecule has 120 valence electrons. The van der Waals surface area contributed by atoms with Crippen LogP contribution in [0.25, 0.3) is 0 Å². The molecule has 0 aliphatic heterocycles. The van der Waals surface area contributed by atoms with Gasteiger partial charge in [0.05, 0.1) is 13.7 Å². The molecule has 0 aromatic heterocycles. The number of likely N-dealkylation sites (N-methyl/N-ethyl adjacent to an activating group) is 1. The van der Waals surface area contributed by atoms with Crippen LogP contribution in [-0.4, -0.2) is 51.7 Å². The molecule has 0 aliphatic carbocycles. The summed E-state index contributed by atoms with van der Waals surface area (Å²) in [7, 11) is -0.317. The highest BCUT2D eigenvalue weighted by Gasteiger charge is 2.20. The van der Waals surface area contributed by atoms with E-state index in [2.05, 4.69) is 4.72 Å². The number of nitrogens with one attached hydrogen (secondary N) is 1. The fourth-order valence-electron chi connectivity index (χ4n) is 1.72. The molecule has 1 aromatic carbocycles. The minimum Gasteiger partial charge on any atom is -0.495 e. The maximum atomic E-state index is 12.3. The summed E-state index contributed by atoms with van der Waals surface area (Å²) >= 11 is 0. The Labute approximate surface area is 126 Å². The molecular formula is C14H24N2O4S.